The van der Waals surface area contributed by atoms with E-state index in [1.807, 2.05) is 18.3 Å². The molecule has 3 heterocycles. The van der Waals surface area contributed by atoms with Crippen LogP contribution in [-0.2, 0) is 5.60 Å². The van der Waals surface area contributed by atoms with Crippen molar-refractivity contribution in [3.63, 3.8) is 0 Å². The predicted octanol–water partition coefficient (Wildman–Crippen LogP) is 1.85. The van der Waals surface area contributed by atoms with Crippen molar-refractivity contribution in [2.24, 2.45) is 5.92 Å². The molecule has 0 radical (unpaired) electrons. The van der Waals surface area contributed by atoms with E-state index in [1.165, 1.54) is 32.4 Å². The molecular formula is C18H27N3O. The molecule has 120 valence electrons. The highest BCUT2D eigenvalue weighted by Crippen LogP contribution is 2.37. The molecule has 1 N–H and O–H groups in total. The lowest BCUT2D eigenvalue weighted by molar-refractivity contribution is -0.0279. The van der Waals surface area contributed by atoms with E-state index in [0.29, 0.717) is 0 Å². The summed E-state index contributed by atoms with van der Waals surface area (Å²) in [6.07, 6.45) is 9.56. The average Bonchev–Trinajstić information content (AvgIpc) is 3.18. The van der Waals surface area contributed by atoms with Crippen LogP contribution in [0.1, 0.15) is 37.7 Å². The summed E-state index contributed by atoms with van der Waals surface area (Å²) in [5.41, 5.74) is 0.309. The molecule has 2 saturated heterocycles. The monoisotopic (exact) mass is 301 g/mol. The lowest BCUT2D eigenvalue weighted by Crippen LogP contribution is -2.46. The fraction of sp³-hybridized carbons (Fsp3) is 0.722. The molecule has 22 heavy (non-hydrogen) atoms. The molecule has 1 aromatic heterocycles. The van der Waals surface area contributed by atoms with Crippen molar-refractivity contribution in [2.75, 3.05) is 32.7 Å². The molecule has 0 amide bonds. The molecule has 2 atom stereocenters. The molecule has 0 spiro atoms. The predicted molar refractivity (Wildman–Crippen MR) is 86.5 cm³/mol. The molecule has 0 unspecified atom stereocenters. The molecule has 1 aromatic rings. The van der Waals surface area contributed by atoms with Gasteiger partial charge in [-0.3, -0.25) is 9.88 Å². The maximum Gasteiger partial charge on any atom is 0.0935 e. The molecule has 1 saturated carbocycles. The van der Waals surface area contributed by atoms with Gasteiger partial charge in [0.1, 0.15) is 0 Å². The molecule has 4 heteroatoms. The quantitative estimate of drug-likeness (QED) is 0.921. The van der Waals surface area contributed by atoms with Crippen molar-refractivity contribution in [1.29, 1.82) is 0 Å². The number of pyridine rings is 1. The van der Waals surface area contributed by atoms with Gasteiger partial charge in [0.15, 0.2) is 0 Å². The van der Waals surface area contributed by atoms with E-state index >= 15 is 0 Å². The van der Waals surface area contributed by atoms with Crippen LogP contribution in [0.2, 0.25) is 0 Å². The van der Waals surface area contributed by atoms with Crippen molar-refractivity contribution in [2.45, 2.75) is 43.7 Å². The highest BCUT2D eigenvalue weighted by atomic mass is 16.3. The number of hydrogen-bond donors (Lipinski definition) is 1. The summed E-state index contributed by atoms with van der Waals surface area (Å²) in [5.74, 6) is 0.988. The summed E-state index contributed by atoms with van der Waals surface area (Å²) in [4.78, 5) is 9.38. The molecule has 4 nitrogen and oxygen atoms in total. The van der Waals surface area contributed by atoms with Crippen LogP contribution in [0.4, 0.5) is 0 Å². The number of nitrogens with zero attached hydrogens (tertiary/aromatic N) is 3. The Kier molecular flexibility index (Phi) is 3.93. The van der Waals surface area contributed by atoms with E-state index < -0.39 is 5.60 Å². The number of piperidine rings is 2. The average molecular weight is 301 g/mol. The Morgan fingerprint density at radius 2 is 2.09 bits per heavy atom. The molecule has 3 aliphatic rings. The van der Waals surface area contributed by atoms with Gasteiger partial charge in [-0.05, 0) is 44.1 Å². The maximum atomic E-state index is 10.8. The van der Waals surface area contributed by atoms with Gasteiger partial charge in [-0.2, -0.15) is 0 Å². The number of likely N-dealkylation sites (tertiary alicyclic amines) is 2. The second-order valence-corrected chi connectivity index (χ2v) is 7.44. The van der Waals surface area contributed by atoms with Gasteiger partial charge < -0.3 is 10.0 Å². The first kappa shape index (κ1) is 14.6. The van der Waals surface area contributed by atoms with Crippen molar-refractivity contribution in [1.82, 2.24) is 14.8 Å². The summed E-state index contributed by atoms with van der Waals surface area (Å²) in [6, 6.07) is 4.80. The third-order valence-electron chi connectivity index (χ3n) is 6.11. The van der Waals surface area contributed by atoms with E-state index in [2.05, 4.69) is 14.8 Å². The fourth-order valence-corrected chi connectivity index (χ4v) is 4.64. The van der Waals surface area contributed by atoms with Crippen LogP contribution < -0.4 is 0 Å². The Morgan fingerprint density at radius 1 is 1.23 bits per heavy atom. The summed E-state index contributed by atoms with van der Waals surface area (Å²) in [6.45, 7) is 5.69. The smallest absolute Gasteiger partial charge is 0.0935 e. The number of rotatable bonds is 4. The topological polar surface area (TPSA) is 39.6 Å². The van der Waals surface area contributed by atoms with E-state index in [-0.39, 0.29) is 0 Å². The number of aromatic nitrogens is 1. The molecule has 1 aliphatic carbocycles. The molecular weight excluding hydrogens is 274 g/mol. The summed E-state index contributed by atoms with van der Waals surface area (Å²) >= 11 is 0. The Morgan fingerprint density at radius 3 is 2.73 bits per heavy atom. The van der Waals surface area contributed by atoms with Crippen LogP contribution in [0.25, 0.3) is 0 Å². The van der Waals surface area contributed by atoms with Crippen LogP contribution in [0.3, 0.4) is 0 Å². The fourth-order valence-electron chi connectivity index (χ4n) is 4.64. The zero-order chi connectivity index (χ0) is 15.0. The van der Waals surface area contributed by atoms with Crippen LogP contribution in [-0.4, -0.2) is 58.7 Å². The third-order valence-corrected chi connectivity index (χ3v) is 6.11. The first-order chi connectivity index (χ1) is 10.7. The normalized spacial score (nSPS) is 31.7. The van der Waals surface area contributed by atoms with Crippen LogP contribution in [0.5, 0.6) is 0 Å². The summed E-state index contributed by atoms with van der Waals surface area (Å²) in [5, 5.41) is 10.8. The van der Waals surface area contributed by atoms with Gasteiger partial charge in [-0.25, -0.2) is 0 Å². The molecule has 2 bridgehead atoms. The highest BCUT2D eigenvalue weighted by molar-refractivity contribution is 5.18. The minimum atomic E-state index is -0.669. The van der Waals surface area contributed by atoms with Gasteiger partial charge in [0.05, 0.1) is 5.60 Å². The van der Waals surface area contributed by atoms with E-state index in [0.717, 1.165) is 50.0 Å². The highest BCUT2D eigenvalue weighted by Gasteiger charge is 2.38. The van der Waals surface area contributed by atoms with Crippen molar-refractivity contribution >= 4 is 0 Å². The SMILES string of the molecule is OC1(c2cccnc2)CCN(CCN2C[C@H]3CC[C@@H]2C3)CC1. The zero-order valence-electron chi connectivity index (χ0n) is 13.3. The van der Waals surface area contributed by atoms with Crippen LogP contribution >= 0.6 is 0 Å². The van der Waals surface area contributed by atoms with Crippen molar-refractivity contribution < 1.29 is 5.11 Å². The second kappa shape index (κ2) is 5.91. The molecule has 3 fully saturated rings. The lowest BCUT2D eigenvalue weighted by Gasteiger charge is -2.39. The van der Waals surface area contributed by atoms with Gasteiger partial charge >= 0.3 is 0 Å². The maximum absolute atomic E-state index is 10.8. The third kappa shape index (κ3) is 2.80. The van der Waals surface area contributed by atoms with E-state index in [4.69, 9.17) is 0 Å². The van der Waals surface area contributed by atoms with Crippen LogP contribution in [0, 0.1) is 5.92 Å². The van der Waals surface area contributed by atoms with Crippen molar-refractivity contribution in [3.8, 4) is 0 Å². The molecule has 4 rings (SSSR count). The minimum Gasteiger partial charge on any atom is -0.385 e. The van der Waals surface area contributed by atoms with E-state index in [9.17, 15) is 5.11 Å². The molecule has 0 aromatic carbocycles. The zero-order valence-corrected chi connectivity index (χ0v) is 13.3. The second-order valence-electron chi connectivity index (χ2n) is 7.44. The Balaban J connectivity index is 1.27. The first-order valence-corrected chi connectivity index (χ1v) is 8.82. The Bertz CT molecular complexity index is 498. The van der Waals surface area contributed by atoms with Gasteiger partial charge in [-0.15, -0.1) is 0 Å². The number of hydrogen-bond acceptors (Lipinski definition) is 4. The minimum absolute atomic E-state index is 0.669. The van der Waals surface area contributed by atoms with E-state index in [1.54, 1.807) is 6.20 Å². The Hall–Kier alpha value is -0.970. The van der Waals surface area contributed by atoms with Gasteiger partial charge in [0.25, 0.3) is 0 Å². The van der Waals surface area contributed by atoms with Gasteiger partial charge in [0.2, 0.25) is 0 Å². The lowest BCUT2D eigenvalue weighted by atomic mass is 9.85. The summed E-state index contributed by atoms with van der Waals surface area (Å²) in [7, 11) is 0. The Labute approximate surface area is 133 Å². The largest absolute Gasteiger partial charge is 0.385 e. The first-order valence-electron chi connectivity index (χ1n) is 8.82. The van der Waals surface area contributed by atoms with Gasteiger partial charge in [0, 0.05) is 56.7 Å². The van der Waals surface area contributed by atoms with Crippen LogP contribution in [0.15, 0.2) is 24.5 Å². The summed E-state index contributed by atoms with van der Waals surface area (Å²) < 4.78 is 0. The number of fused-ring (bicyclic) bond motifs is 2. The van der Waals surface area contributed by atoms with Gasteiger partial charge in [-0.1, -0.05) is 6.07 Å². The molecule has 2 aliphatic heterocycles. The van der Waals surface area contributed by atoms with Crippen molar-refractivity contribution in [3.05, 3.63) is 30.1 Å². The number of aliphatic hydroxyl groups is 1. The standard InChI is InChI=1S/C18H27N3O/c22-18(16-2-1-7-19-13-16)5-8-20(9-6-18)10-11-21-14-15-3-4-17(21)12-15/h1-2,7,13,15,17,22H,3-6,8-12,14H2/t15-,17+/m0/s1.